The van der Waals surface area contributed by atoms with Crippen molar-refractivity contribution in [3.8, 4) is 0 Å². The van der Waals surface area contributed by atoms with Gasteiger partial charge in [0.25, 0.3) is 15.9 Å². The second-order valence-corrected chi connectivity index (χ2v) is 8.48. The highest BCUT2D eigenvalue weighted by atomic mass is 35.5. The molecule has 144 valence electrons. The van der Waals surface area contributed by atoms with Gasteiger partial charge in [-0.1, -0.05) is 41.9 Å². The molecule has 2 N–H and O–H groups in total. The van der Waals surface area contributed by atoms with Gasteiger partial charge in [0.15, 0.2) is 0 Å². The van der Waals surface area contributed by atoms with Crippen molar-refractivity contribution >= 4 is 38.9 Å². The fraction of sp³-hybridized carbons (Fsp3) is 0.0952. The molecule has 0 aliphatic heterocycles. The Kier molecular flexibility index (Phi) is 5.72. The van der Waals surface area contributed by atoms with Crippen molar-refractivity contribution in [2.24, 2.45) is 0 Å². The van der Waals surface area contributed by atoms with Crippen molar-refractivity contribution in [1.82, 2.24) is 0 Å². The number of amides is 1. The molecule has 0 saturated carbocycles. The fourth-order valence-corrected chi connectivity index (χ4v) is 3.97. The Balaban J connectivity index is 1.80. The molecule has 0 heterocycles. The number of hydrogen-bond acceptors (Lipinski definition) is 3. The van der Waals surface area contributed by atoms with Crippen LogP contribution in [0.1, 0.15) is 21.5 Å². The van der Waals surface area contributed by atoms with Crippen molar-refractivity contribution in [2.75, 3.05) is 10.0 Å². The molecule has 0 fully saturated rings. The first-order valence-corrected chi connectivity index (χ1v) is 10.4. The maximum absolute atomic E-state index is 12.6. The van der Waals surface area contributed by atoms with E-state index in [0.29, 0.717) is 5.69 Å². The summed E-state index contributed by atoms with van der Waals surface area (Å²) in [6.07, 6.45) is 0. The lowest BCUT2D eigenvalue weighted by Crippen LogP contribution is -2.15. The number of rotatable bonds is 5. The monoisotopic (exact) mass is 414 g/mol. The van der Waals surface area contributed by atoms with Gasteiger partial charge in [-0.3, -0.25) is 9.52 Å². The predicted molar refractivity (Wildman–Crippen MR) is 113 cm³/mol. The summed E-state index contributed by atoms with van der Waals surface area (Å²) in [4.78, 5) is 12.7. The molecule has 0 aliphatic carbocycles. The zero-order valence-electron chi connectivity index (χ0n) is 15.4. The van der Waals surface area contributed by atoms with E-state index in [1.807, 2.05) is 32.0 Å². The Bertz CT molecular complexity index is 1130. The van der Waals surface area contributed by atoms with E-state index in [1.54, 1.807) is 18.2 Å². The van der Waals surface area contributed by atoms with Gasteiger partial charge in [-0.25, -0.2) is 8.42 Å². The number of carbonyl (C=O) groups is 1. The minimum Gasteiger partial charge on any atom is -0.322 e. The zero-order valence-corrected chi connectivity index (χ0v) is 16.9. The van der Waals surface area contributed by atoms with Gasteiger partial charge in [0.2, 0.25) is 0 Å². The molecular weight excluding hydrogens is 396 g/mol. The molecule has 1 amide bonds. The predicted octanol–water partition coefficient (Wildman–Crippen LogP) is 5.01. The minimum absolute atomic E-state index is 0.142. The van der Waals surface area contributed by atoms with E-state index in [9.17, 15) is 13.2 Å². The third kappa shape index (κ3) is 4.52. The van der Waals surface area contributed by atoms with Crippen LogP contribution in [0.2, 0.25) is 5.02 Å². The summed E-state index contributed by atoms with van der Waals surface area (Å²) in [5.74, 6) is -0.365. The van der Waals surface area contributed by atoms with Crippen LogP contribution in [0.4, 0.5) is 11.4 Å². The molecule has 0 radical (unpaired) electrons. The summed E-state index contributed by atoms with van der Waals surface area (Å²) in [5.41, 5.74) is 3.19. The van der Waals surface area contributed by atoms with Crippen LogP contribution >= 0.6 is 11.6 Å². The van der Waals surface area contributed by atoms with Crippen LogP contribution in [0.25, 0.3) is 0 Å². The Morgan fingerprint density at radius 1 is 0.929 bits per heavy atom. The quantitative estimate of drug-likeness (QED) is 0.616. The lowest BCUT2D eigenvalue weighted by Gasteiger charge is -2.12. The van der Waals surface area contributed by atoms with Crippen molar-refractivity contribution < 1.29 is 13.2 Å². The molecule has 7 heteroatoms. The number of anilines is 2. The maximum atomic E-state index is 12.6. The molecule has 0 bridgehead atoms. The lowest BCUT2D eigenvalue weighted by molar-refractivity contribution is 0.102. The van der Waals surface area contributed by atoms with E-state index < -0.39 is 10.0 Å². The smallest absolute Gasteiger partial charge is 0.261 e. The first-order valence-electron chi connectivity index (χ1n) is 8.52. The van der Waals surface area contributed by atoms with Crippen molar-refractivity contribution in [3.63, 3.8) is 0 Å². The Hall–Kier alpha value is -2.83. The van der Waals surface area contributed by atoms with Gasteiger partial charge in [0.05, 0.1) is 21.2 Å². The largest absolute Gasteiger partial charge is 0.322 e. The minimum atomic E-state index is -3.73. The summed E-state index contributed by atoms with van der Waals surface area (Å²) in [5, 5.41) is 2.99. The number of nitrogens with one attached hydrogen (secondary N) is 2. The fourth-order valence-electron chi connectivity index (χ4n) is 2.64. The van der Waals surface area contributed by atoms with Crippen LogP contribution < -0.4 is 10.0 Å². The molecule has 28 heavy (non-hydrogen) atoms. The zero-order chi connectivity index (χ0) is 20.3. The third-order valence-electron chi connectivity index (χ3n) is 4.16. The number of halogens is 1. The number of benzene rings is 3. The van der Waals surface area contributed by atoms with E-state index in [0.717, 1.165) is 11.1 Å². The molecule has 0 aromatic heterocycles. The van der Waals surface area contributed by atoms with Crippen LogP contribution in [-0.4, -0.2) is 14.3 Å². The molecule has 0 aliphatic rings. The van der Waals surface area contributed by atoms with Crippen LogP contribution in [0.15, 0.2) is 71.6 Å². The molecule has 0 saturated heterocycles. The third-order valence-corrected chi connectivity index (χ3v) is 5.87. The highest BCUT2D eigenvalue weighted by Crippen LogP contribution is 2.25. The molecule has 0 atom stereocenters. The van der Waals surface area contributed by atoms with E-state index in [1.165, 1.54) is 30.3 Å². The average Bonchev–Trinajstić information content (AvgIpc) is 2.65. The summed E-state index contributed by atoms with van der Waals surface area (Å²) < 4.78 is 27.3. The van der Waals surface area contributed by atoms with Crippen LogP contribution in [0.5, 0.6) is 0 Å². The van der Waals surface area contributed by atoms with Gasteiger partial charge in [0.1, 0.15) is 0 Å². The Labute approximate surface area is 169 Å². The number of carbonyl (C=O) groups excluding carboxylic acids is 1. The SMILES string of the molecule is Cc1ccc(C)c(NC(=O)c2ccc(NS(=O)(=O)c3ccccc3)cc2Cl)c1. The summed E-state index contributed by atoms with van der Waals surface area (Å²) in [6.45, 7) is 3.84. The van der Waals surface area contributed by atoms with E-state index in [-0.39, 0.29) is 27.1 Å². The van der Waals surface area contributed by atoms with Crippen molar-refractivity contribution in [2.45, 2.75) is 18.7 Å². The van der Waals surface area contributed by atoms with Gasteiger partial charge in [-0.2, -0.15) is 0 Å². The van der Waals surface area contributed by atoms with Gasteiger partial charge in [-0.15, -0.1) is 0 Å². The number of aryl methyl sites for hydroxylation is 2. The van der Waals surface area contributed by atoms with Crippen LogP contribution in [-0.2, 0) is 10.0 Å². The molecule has 3 aromatic carbocycles. The van der Waals surface area contributed by atoms with Gasteiger partial charge in [0, 0.05) is 5.69 Å². The molecular formula is C21H19ClN2O3S. The first kappa shape index (κ1) is 19.9. The standard InChI is InChI=1S/C21H19ClN2O3S/c1-14-8-9-15(2)20(12-14)23-21(25)18-11-10-16(13-19(18)22)24-28(26,27)17-6-4-3-5-7-17/h3-13,24H,1-2H3,(H,23,25). The van der Waals surface area contributed by atoms with E-state index >= 15 is 0 Å². The number of hydrogen-bond donors (Lipinski definition) is 2. The summed E-state index contributed by atoms with van der Waals surface area (Å²) >= 11 is 6.24. The van der Waals surface area contributed by atoms with Crippen molar-refractivity contribution in [1.29, 1.82) is 0 Å². The van der Waals surface area contributed by atoms with Gasteiger partial charge < -0.3 is 5.32 Å². The van der Waals surface area contributed by atoms with Gasteiger partial charge in [-0.05, 0) is 61.4 Å². The molecule has 0 spiro atoms. The molecule has 5 nitrogen and oxygen atoms in total. The maximum Gasteiger partial charge on any atom is 0.261 e. The lowest BCUT2D eigenvalue weighted by atomic mass is 10.1. The summed E-state index contributed by atoms with van der Waals surface area (Å²) in [6, 6.07) is 18.2. The Morgan fingerprint density at radius 3 is 2.32 bits per heavy atom. The first-order chi connectivity index (χ1) is 13.3. The van der Waals surface area contributed by atoms with Crippen LogP contribution in [0, 0.1) is 13.8 Å². The van der Waals surface area contributed by atoms with Crippen molar-refractivity contribution in [3.05, 3.63) is 88.4 Å². The topological polar surface area (TPSA) is 75.3 Å². The summed E-state index contributed by atoms with van der Waals surface area (Å²) in [7, 11) is -3.73. The second-order valence-electron chi connectivity index (χ2n) is 6.39. The highest BCUT2D eigenvalue weighted by molar-refractivity contribution is 7.92. The number of sulfonamides is 1. The second kappa shape index (κ2) is 8.04. The molecule has 0 unspecified atom stereocenters. The molecule has 3 rings (SSSR count). The average molecular weight is 415 g/mol. The molecule has 3 aromatic rings. The normalized spacial score (nSPS) is 11.1. The Morgan fingerprint density at radius 2 is 1.64 bits per heavy atom. The van der Waals surface area contributed by atoms with E-state index in [2.05, 4.69) is 10.0 Å². The highest BCUT2D eigenvalue weighted by Gasteiger charge is 2.16. The van der Waals surface area contributed by atoms with Gasteiger partial charge >= 0.3 is 0 Å². The van der Waals surface area contributed by atoms with Crippen LogP contribution in [0.3, 0.4) is 0 Å². The van der Waals surface area contributed by atoms with E-state index in [4.69, 9.17) is 11.6 Å².